The largest absolute Gasteiger partial charge is 0.371 e. The molecule has 1 atom stereocenters. The van der Waals surface area contributed by atoms with Crippen molar-refractivity contribution in [2.75, 3.05) is 51.7 Å². The van der Waals surface area contributed by atoms with Crippen LogP contribution in [0.25, 0.3) is 0 Å². The first-order valence-corrected chi connectivity index (χ1v) is 9.08. The van der Waals surface area contributed by atoms with E-state index in [4.69, 9.17) is 0 Å². The number of hydrogen-bond acceptors (Lipinski definition) is 4. The molecule has 2 saturated heterocycles. The molecule has 0 amide bonds. The van der Waals surface area contributed by atoms with E-state index in [0.717, 1.165) is 26.2 Å². The molecule has 128 valence electrons. The SMILES string of the molecule is CC1CN(Cc2ccccc2N(C)C2CCN(C)CC2)CCN1. The molecule has 0 spiro atoms. The van der Waals surface area contributed by atoms with Gasteiger partial charge in [-0.15, -0.1) is 0 Å². The molecular formula is C19H32N4. The van der Waals surface area contributed by atoms with Crippen LogP contribution < -0.4 is 10.2 Å². The fourth-order valence-electron chi connectivity index (χ4n) is 3.96. The molecule has 4 heteroatoms. The molecule has 0 aromatic heterocycles. The number of likely N-dealkylation sites (tertiary alicyclic amines) is 1. The Morgan fingerprint density at radius 1 is 1.17 bits per heavy atom. The third kappa shape index (κ3) is 4.25. The van der Waals surface area contributed by atoms with E-state index in [-0.39, 0.29) is 0 Å². The normalized spacial score (nSPS) is 24.7. The third-order valence-electron chi connectivity index (χ3n) is 5.45. The number of anilines is 1. The van der Waals surface area contributed by atoms with E-state index < -0.39 is 0 Å². The number of nitrogens with zero attached hydrogens (tertiary/aromatic N) is 3. The van der Waals surface area contributed by atoms with Gasteiger partial charge in [0.25, 0.3) is 0 Å². The minimum absolute atomic E-state index is 0.600. The number of piperidine rings is 1. The summed E-state index contributed by atoms with van der Waals surface area (Å²) >= 11 is 0. The summed E-state index contributed by atoms with van der Waals surface area (Å²) in [6.45, 7) is 9.18. The molecular weight excluding hydrogens is 284 g/mol. The molecule has 3 rings (SSSR count). The van der Waals surface area contributed by atoms with Crippen molar-refractivity contribution in [2.45, 2.75) is 38.4 Å². The Morgan fingerprint density at radius 3 is 2.65 bits per heavy atom. The van der Waals surface area contributed by atoms with Gasteiger partial charge in [0.1, 0.15) is 0 Å². The van der Waals surface area contributed by atoms with Crippen LogP contribution in [-0.4, -0.2) is 68.7 Å². The van der Waals surface area contributed by atoms with Crippen molar-refractivity contribution in [3.8, 4) is 0 Å². The number of rotatable bonds is 4. The lowest BCUT2D eigenvalue weighted by Gasteiger charge is -2.38. The standard InChI is InChI=1S/C19H32N4/c1-16-14-23(13-10-20-16)15-17-6-4-5-7-19(17)22(3)18-8-11-21(2)12-9-18/h4-7,16,18,20H,8-15H2,1-3H3. The molecule has 2 heterocycles. The molecule has 2 aliphatic heterocycles. The molecule has 23 heavy (non-hydrogen) atoms. The van der Waals surface area contributed by atoms with Gasteiger partial charge in [-0.25, -0.2) is 0 Å². The Balaban J connectivity index is 1.69. The molecule has 1 aromatic rings. The van der Waals surface area contributed by atoms with Crippen LogP contribution in [0.2, 0.25) is 0 Å². The second-order valence-electron chi connectivity index (χ2n) is 7.36. The third-order valence-corrected chi connectivity index (χ3v) is 5.45. The van der Waals surface area contributed by atoms with Crippen molar-refractivity contribution in [1.82, 2.24) is 15.1 Å². The molecule has 4 nitrogen and oxygen atoms in total. The topological polar surface area (TPSA) is 21.8 Å². The van der Waals surface area contributed by atoms with Gasteiger partial charge in [-0.05, 0) is 51.5 Å². The summed E-state index contributed by atoms with van der Waals surface area (Å²) in [6, 6.07) is 10.3. The molecule has 0 saturated carbocycles. The van der Waals surface area contributed by atoms with E-state index in [1.165, 1.54) is 37.2 Å². The van der Waals surface area contributed by atoms with Crippen molar-refractivity contribution >= 4 is 5.69 Å². The zero-order valence-corrected chi connectivity index (χ0v) is 15.0. The number of nitrogens with one attached hydrogen (secondary N) is 1. The van der Waals surface area contributed by atoms with Crippen molar-refractivity contribution < 1.29 is 0 Å². The lowest BCUT2D eigenvalue weighted by molar-refractivity contribution is 0.199. The Hall–Kier alpha value is -1.10. The van der Waals surface area contributed by atoms with Crippen LogP contribution in [0.1, 0.15) is 25.3 Å². The lowest BCUT2D eigenvalue weighted by atomic mass is 10.0. The number of piperazine rings is 1. The van der Waals surface area contributed by atoms with E-state index in [1.807, 2.05) is 0 Å². The quantitative estimate of drug-likeness (QED) is 0.917. The Kier molecular flexibility index (Phi) is 5.57. The van der Waals surface area contributed by atoms with E-state index >= 15 is 0 Å². The average molecular weight is 316 g/mol. The highest BCUT2D eigenvalue weighted by Gasteiger charge is 2.23. The van der Waals surface area contributed by atoms with Gasteiger partial charge in [0.15, 0.2) is 0 Å². The van der Waals surface area contributed by atoms with Crippen molar-refractivity contribution in [1.29, 1.82) is 0 Å². The smallest absolute Gasteiger partial charge is 0.0411 e. The summed E-state index contributed by atoms with van der Waals surface area (Å²) in [6.07, 6.45) is 2.54. The van der Waals surface area contributed by atoms with E-state index in [1.54, 1.807) is 0 Å². The molecule has 2 fully saturated rings. The predicted molar refractivity (Wildman–Crippen MR) is 98.1 cm³/mol. The molecule has 0 radical (unpaired) electrons. The fraction of sp³-hybridized carbons (Fsp3) is 0.684. The second-order valence-corrected chi connectivity index (χ2v) is 7.36. The predicted octanol–water partition coefficient (Wildman–Crippen LogP) is 2.01. The van der Waals surface area contributed by atoms with Gasteiger partial charge in [-0.2, -0.15) is 0 Å². The molecule has 1 unspecified atom stereocenters. The maximum absolute atomic E-state index is 3.53. The summed E-state index contributed by atoms with van der Waals surface area (Å²) in [4.78, 5) is 7.56. The van der Waals surface area contributed by atoms with Gasteiger partial charge in [0, 0.05) is 51.0 Å². The Labute approximate surface area is 141 Å². The number of benzene rings is 1. The minimum Gasteiger partial charge on any atom is -0.371 e. The lowest BCUT2D eigenvalue weighted by Crippen LogP contribution is -2.48. The first kappa shape index (κ1) is 16.7. The van der Waals surface area contributed by atoms with Crippen LogP contribution in [0.5, 0.6) is 0 Å². The van der Waals surface area contributed by atoms with Crippen LogP contribution in [0, 0.1) is 0 Å². The molecule has 0 bridgehead atoms. The van der Waals surface area contributed by atoms with Crippen LogP contribution >= 0.6 is 0 Å². The van der Waals surface area contributed by atoms with Crippen LogP contribution in [0.3, 0.4) is 0 Å². The van der Waals surface area contributed by atoms with Gasteiger partial charge in [-0.1, -0.05) is 18.2 Å². The van der Waals surface area contributed by atoms with Crippen molar-refractivity contribution in [3.05, 3.63) is 29.8 Å². The zero-order valence-electron chi connectivity index (χ0n) is 15.0. The minimum atomic E-state index is 0.600. The molecule has 1 N–H and O–H groups in total. The molecule has 2 aliphatic rings. The van der Waals surface area contributed by atoms with Crippen molar-refractivity contribution in [2.24, 2.45) is 0 Å². The zero-order chi connectivity index (χ0) is 16.2. The van der Waals surface area contributed by atoms with E-state index in [9.17, 15) is 0 Å². The first-order chi connectivity index (χ1) is 11.1. The van der Waals surface area contributed by atoms with E-state index in [0.29, 0.717) is 12.1 Å². The van der Waals surface area contributed by atoms with Gasteiger partial charge < -0.3 is 15.1 Å². The Morgan fingerprint density at radius 2 is 1.91 bits per heavy atom. The van der Waals surface area contributed by atoms with Crippen molar-refractivity contribution in [3.63, 3.8) is 0 Å². The van der Waals surface area contributed by atoms with E-state index in [2.05, 4.69) is 65.3 Å². The Bertz CT molecular complexity index is 496. The molecule has 1 aromatic carbocycles. The summed E-state index contributed by atoms with van der Waals surface area (Å²) in [7, 11) is 4.52. The monoisotopic (exact) mass is 316 g/mol. The first-order valence-electron chi connectivity index (χ1n) is 9.08. The van der Waals surface area contributed by atoms with Crippen LogP contribution in [-0.2, 0) is 6.54 Å². The highest BCUT2D eigenvalue weighted by Crippen LogP contribution is 2.26. The van der Waals surface area contributed by atoms with Gasteiger partial charge in [0.05, 0.1) is 0 Å². The number of hydrogen-bond donors (Lipinski definition) is 1. The fourth-order valence-corrected chi connectivity index (χ4v) is 3.96. The van der Waals surface area contributed by atoms with Gasteiger partial charge in [0.2, 0.25) is 0 Å². The second kappa shape index (κ2) is 7.65. The highest BCUT2D eigenvalue weighted by atomic mass is 15.2. The summed E-state index contributed by atoms with van der Waals surface area (Å²) in [5.41, 5.74) is 2.90. The maximum atomic E-state index is 3.53. The summed E-state index contributed by atoms with van der Waals surface area (Å²) in [5.74, 6) is 0. The maximum Gasteiger partial charge on any atom is 0.0411 e. The van der Waals surface area contributed by atoms with Gasteiger partial charge in [-0.3, -0.25) is 4.90 Å². The molecule has 0 aliphatic carbocycles. The van der Waals surface area contributed by atoms with Crippen LogP contribution in [0.4, 0.5) is 5.69 Å². The highest BCUT2D eigenvalue weighted by molar-refractivity contribution is 5.54. The average Bonchev–Trinajstić information content (AvgIpc) is 2.55. The van der Waals surface area contributed by atoms with Crippen LogP contribution in [0.15, 0.2) is 24.3 Å². The summed E-state index contributed by atoms with van der Waals surface area (Å²) < 4.78 is 0. The number of para-hydroxylation sites is 1. The van der Waals surface area contributed by atoms with Gasteiger partial charge >= 0.3 is 0 Å². The summed E-state index contributed by atoms with van der Waals surface area (Å²) in [5, 5.41) is 3.53.